The Morgan fingerprint density at radius 2 is 2.05 bits per heavy atom. The third kappa shape index (κ3) is 2.08. The van der Waals surface area contributed by atoms with Gasteiger partial charge < -0.3 is 4.98 Å². The first kappa shape index (κ1) is 11.1. The zero-order valence-electron chi connectivity index (χ0n) is 9.77. The maximum atomic E-state index is 11.5. The van der Waals surface area contributed by atoms with Gasteiger partial charge in [-0.25, -0.2) is 9.79 Å². The summed E-state index contributed by atoms with van der Waals surface area (Å²) in [6.45, 7) is 0. The van der Waals surface area contributed by atoms with Gasteiger partial charge in [0.2, 0.25) is 0 Å². The second kappa shape index (κ2) is 4.37. The summed E-state index contributed by atoms with van der Waals surface area (Å²) in [4.78, 5) is 20.9. The number of hydrogen-bond donors (Lipinski definition) is 4. The standard InChI is InChI=1S/C12H10N6O/c13-10(9-5-6-14-18-9)16-11-7-3-1-2-4-8(7)15-12(19)17-11/h1-6H,(H,14,18)(H3,13,15,16,17,19). The quantitative estimate of drug-likeness (QED) is 0.374. The van der Waals surface area contributed by atoms with Gasteiger partial charge in [0.05, 0.1) is 5.52 Å². The topological polar surface area (TPSA) is 114 Å². The molecule has 0 saturated carbocycles. The molecule has 0 aliphatic rings. The van der Waals surface area contributed by atoms with Crippen molar-refractivity contribution < 1.29 is 0 Å². The van der Waals surface area contributed by atoms with Gasteiger partial charge in [-0.15, -0.1) is 0 Å². The van der Waals surface area contributed by atoms with Crippen LogP contribution in [-0.4, -0.2) is 26.0 Å². The first-order valence-electron chi connectivity index (χ1n) is 5.59. The fraction of sp³-hybridized carbons (Fsp3) is 0. The van der Waals surface area contributed by atoms with E-state index in [2.05, 4.69) is 25.2 Å². The highest BCUT2D eigenvalue weighted by Crippen LogP contribution is 2.02. The lowest BCUT2D eigenvalue weighted by Gasteiger charge is -1.98. The van der Waals surface area contributed by atoms with Crippen LogP contribution in [0.15, 0.2) is 46.3 Å². The first-order chi connectivity index (χ1) is 9.24. The summed E-state index contributed by atoms with van der Waals surface area (Å²) in [5, 5.41) is 15.1. The minimum atomic E-state index is -0.368. The van der Waals surface area contributed by atoms with Crippen LogP contribution < -0.4 is 11.2 Å². The molecule has 0 aliphatic heterocycles. The lowest BCUT2D eigenvalue weighted by atomic mass is 10.2. The Hall–Kier alpha value is -2.96. The average Bonchev–Trinajstić information content (AvgIpc) is 2.92. The largest absolute Gasteiger partial charge is 0.324 e. The van der Waals surface area contributed by atoms with Gasteiger partial charge in [0.15, 0.2) is 5.84 Å². The lowest BCUT2D eigenvalue weighted by Crippen LogP contribution is -2.24. The molecular formula is C12H10N6O. The Balaban J connectivity index is 2.25. The summed E-state index contributed by atoms with van der Waals surface area (Å²) >= 11 is 0. The number of amidine groups is 1. The second-order valence-electron chi connectivity index (χ2n) is 3.89. The summed E-state index contributed by atoms with van der Waals surface area (Å²) in [5.41, 5.74) is 1.05. The van der Waals surface area contributed by atoms with E-state index in [1.807, 2.05) is 18.2 Å². The molecule has 0 amide bonds. The van der Waals surface area contributed by atoms with Crippen LogP contribution in [0.25, 0.3) is 10.9 Å². The van der Waals surface area contributed by atoms with Crippen molar-refractivity contribution in [2.24, 2.45) is 4.99 Å². The second-order valence-corrected chi connectivity index (χ2v) is 3.89. The average molecular weight is 254 g/mol. The van der Waals surface area contributed by atoms with Crippen molar-refractivity contribution >= 4 is 16.7 Å². The molecule has 0 aliphatic carbocycles. The number of aromatic amines is 3. The van der Waals surface area contributed by atoms with Crippen molar-refractivity contribution in [3.8, 4) is 0 Å². The normalized spacial score (nSPS) is 11.9. The molecular weight excluding hydrogens is 244 g/mol. The van der Waals surface area contributed by atoms with Crippen LogP contribution in [0.1, 0.15) is 5.69 Å². The van der Waals surface area contributed by atoms with Crippen LogP contribution >= 0.6 is 0 Å². The third-order valence-corrected chi connectivity index (χ3v) is 2.63. The van der Waals surface area contributed by atoms with Gasteiger partial charge >= 0.3 is 5.69 Å². The molecule has 0 bridgehead atoms. The Labute approximate surface area is 106 Å². The Bertz CT molecular complexity index is 856. The van der Waals surface area contributed by atoms with E-state index in [-0.39, 0.29) is 11.5 Å². The zero-order chi connectivity index (χ0) is 13.2. The van der Waals surface area contributed by atoms with Crippen molar-refractivity contribution in [2.45, 2.75) is 0 Å². The van der Waals surface area contributed by atoms with E-state index < -0.39 is 0 Å². The van der Waals surface area contributed by atoms with Gasteiger partial charge in [-0.3, -0.25) is 15.5 Å². The Kier molecular flexibility index (Phi) is 2.57. The van der Waals surface area contributed by atoms with E-state index >= 15 is 0 Å². The van der Waals surface area contributed by atoms with E-state index in [4.69, 9.17) is 5.41 Å². The first-order valence-corrected chi connectivity index (χ1v) is 5.59. The highest BCUT2D eigenvalue weighted by Gasteiger charge is 2.03. The number of rotatable bonds is 1. The number of aromatic nitrogens is 4. The van der Waals surface area contributed by atoms with Crippen molar-refractivity contribution in [1.29, 1.82) is 5.41 Å². The molecule has 7 heteroatoms. The van der Waals surface area contributed by atoms with E-state index in [0.717, 1.165) is 5.39 Å². The molecule has 2 heterocycles. The van der Waals surface area contributed by atoms with Crippen molar-refractivity contribution in [1.82, 2.24) is 20.2 Å². The SMILES string of the molecule is N=C(/N=c1\[nH]c(=O)[nH]c2ccccc12)c1cc[nH]n1. The maximum Gasteiger partial charge on any atom is 0.324 e. The number of benzene rings is 1. The number of nitrogens with zero attached hydrogens (tertiary/aromatic N) is 2. The highest BCUT2D eigenvalue weighted by molar-refractivity contribution is 5.95. The van der Waals surface area contributed by atoms with Crippen LogP contribution in [0.3, 0.4) is 0 Å². The molecule has 0 atom stereocenters. The monoisotopic (exact) mass is 254 g/mol. The van der Waals surface area contributed by atoms with E-state index in [1.165, 1.54) is 0 Å². The zero-order valence-corrected chi connectivity index (χ0v) is 9.77. The van der Waals surface area contributed by atoms with Crippen molar-refractivity contribution in [2.75, 3.05) is 0 Å². The van der Waals surface area contributed by atoms with Crippen LogP contribution in [-0.2, 0) is 0 Å². The molecule has 0 unspecified atom stereocenters. The minimum Gasteiger partial charge on any atom is -0.307 e. The number of nitrogens with one attached hydrogen (secondary N) is 4. The smallest absolute Gasteiger partial charge is 0.307 e. The van der Waals surface area contributed by atoms with Gasteiger partial charge in [-0.1, -0.05) is 12.1 Å². The number of para-hydroxylation sites is 1. The van der Waals surface area contributed by atoms with Gasteiger partial charge in [-0.2, -0.15) is 5.10 Å². The minimum absolute atomic E-state index is 0.0201. The molecule has 0 radical (unpaired) electrons. The number of fused-ring (bicyclic) bond motifs is 1. The molecule has 19 heavy (non-hydrogen) atoms. The molecule has 1 aromatic carbocycles. The van der Waals surface area contributed by atoms with Crippen LogP contribution in [0.5, 0.6) is 0 Å². The summed E-state index contributed by atoms with van der Waals surface area (Å²) in [6, 6.07) is 8.90. The predicted octanol–water partition coefficient (Wildman–Crippen LogP) is 0.506. The Morgan fingerprint density at radius 1 is 1.21 bits per heavy atom. The summed E-state index contributed by atoms with van der Waals surface area (Å²) in [7, 11) is 0. The van der Waals surface area contributed by atoms with E-state index in [9.17, 15) is 4.79 Å². The third-order valence-electron chi connectivity index (χ3n) is 2.63. The molecule has 0 fully saturated rings. The van der Waals surface area contributed by atoms with E-state index in [0.29, 0.717) is 16.7 Å². The fourth-order valence-corrected chi connectivity index (χ4v) is 1.78. The molecule has 0 saturated heterocycles. The lowest BCUT2D eigenvalue weighted by molar-refractivity contribution is 1.04. The van der Waals surface area contributed by atoms with Crippen molar-refractivity contribution in [3.05, 3.63) is 58.2 Å². The Morgan fingerprint density at radius 3 is 2.84 bits per heavy atom. The molecule has 0 spiro atoms. The van der Waals surface area contributed by atoms with Crippen LogP contribution in [0.4, 0.5) is 0 Å². The van der Waals surface area contributed by atoms with Crippen LogP contribution in [0, 0.1) is 5.41 Å². The number of H-pyrrole nitrogens is 3. The maximum absolute atomic E-state index is 11.5. The number of hydrogen-bond acceptors (Lipinski definition) is 3. The molecule has 3 rings (SSSR count). The molecule has 94 valence electrons. The summed E-state index contributed by atoms with van der Waals surface area (Å²) < 4.78 is 0. The van der Waals surface area contributed by atoms with Crippen LogP contribution in [0.2, 0.25) is 0 Å². The van der Waals surface area contributed by atoms with Crippen molar-refractivity contribution in [3.63, 3.8) is 0 Å². The fourth-order valence-electron chi connectivity index (χ4n) is 1.78. The summed E-state index contributed by atoms with van der Waals surface area (Å²) in [6.07, 6.45) is 1.61. The van der Waals surface area contributed by atoms with Gasteiger partial charge in [0, 0.05) is 11.6 Å². The van der Waals surface area contributed by atoms with Gasteiger partial charge in [0.25, 0.3) is 0 Å². The van der Waals surface area contributed by atoms with Gasteiger partial charge in [0.1, 0.15) is 11.2 Å². The molecule has 7 nitrogen and oxygen atoms in total. The van der Waals surface area contributed by atoms with E-state index in [1.54, 1.807) is 18.3 Å². The summed E-state index contributed by atoms with van der Waals surface area (Å²) in [5.74, 6) is -0.0201. The molecule has 3 aromatic rings. The van der Waals surface area contributed by atoms with Gasteiger partial charge in [-0.05, 0) is 18.2 Å². The molecule has 4 N–H and O–H groups in total. The molecule has 2 aromatic heterocycles. The highest BCUT2D eigenvalue weighted by atomic mass is 16.1. The predicted molar refractivity (Wildman–Crippen MR) is 69.9 cm³/mol.